The van der Waals surface area contributed by atoms with Crippen molar-refractivity contribution in [2.75, 3.05) is 19.8 Å². The molecule has 0 amide bonds. The molecule has 152 valence electrons. The van der Waals surface area contributed by atoms with E-state index in [2.05, 4.69) is 24.4 Å². The van der Waals surface area contributed by atoms with Crippen molar-refractivity contribution < 1.29 is 9.84 Å². The number of hydrogen-bond acceptors (Lipinski definition) is 3. The van der Waals surface area contributed by atoms with Crippen molar-refractivity contribution in [3.8, 4) is 5.75 Å². The zero-order valence-corrected chi connectivity index (χ0v) is 17.3. The van der Waals surface area contributed by atoms with Gasteiger partial charge in [0.2, 0.25) is 0 Å². The van der Waals surface area contributed by atoms with Crippen LogP contribution in [0.15, 0.2) is 29.8 Å². The lowest BCUT2D eigenvalue weighted by atomic mass is 9.55. The Bertz CT molecular complexity index is 753. The molecule has 4 aliphatic carbocycles. The van der Waals surface area contributed by atoms with Crippen LogP contribution < -0.4 is 5.32 Å². The molecule has 4 aliphatic rings. The van der Waals surface area contributed by atoms with E-state index in [-0.39, 0.29) is 0 Å². The Labute approximate surface area is 169 Å². The van der Waals surface area contributed by atoms with Crippen LogP contribution in [0.4, 0.5) is 0 Å². The molecule has 3 saturated carbocycles. The van der Waals surface area contributed by atoms with Gasteiger partial charge in [0, 0.05) is 12.6 Å². The molecule has 3 fully saturated rings. The lowest BCUT2D eigenvalue weighted by Crippen LogP contribution is -2.40. The Hall–Kier alpha value is -1.32. The van der Waals surface area contributed by atoms with Crippen LogP contribution in [0.25, 0.3) is 0 Å². The summed E-state index contributed by atoms with van der Waals surface area (Å²) in [5.74, 6) is 2.75. The number of rotatable bonds is 6. The molecular weight excluding hydrogens is 346 g/mol. The van der Waals surface area contributed by atoms with Gasteiger partial charge >= 0.3 is 0 Å². The molecule has 0 bridgehead atoms. The van der Waals surface area contributed by atoms with E-state index in [1.165, 1.54) is 56.1 Å². The average Bonchev–Trinajstić information content (AvgIpc) is 3.45. The van der Waals surface area contributed by atoms with Crippen LogP contribution in [0.2, 0.25) is 0 Å². The summed E-state index contributed by atoms with van der Waals surface area (Å²) in [4.78, 5) is 0. The van der Waals surface area contributed by atoms with E-state index in [0.717, 1.165) is 44.1 Å². The molecule has 1 aromatic rings. The van der Waals surface area contributed by atoms with Gasteiger partial charge in [-0.25, -0.2) is 0 Å². The summed E-state index contributed by atoms with van der Waals surface area (Å²) in [6, 6.07) is 6.88. The molecule has 3 heteroatoms. The fourth-order valence-corrected chi connectivity index (χ4v) is 6.62. The third-order valence-corrected chi connectivity index (χ3v) is 8.26. The summed E-state index contributed by atoms with van der Waals surface area (Å²) in [5.41, 5.74) is 4.97. The number of aryl methyl sites for hydroxylation is 1. The first-order valence-electron chi connectivity index (χ1n) is 11.5. The number of ether oxygens (including phenoxy) is 1. The Morgan fingerprint density at radius 3 is 2.93 bits per heavy atom. The van der Waals surface area contributed by atoms with Gasteiger partial charge in [0.05, 0.1) is 13.2 Å². The third-order valence-electron chi connectivity index (χ3n) is 8.26. The molecule has 5 rings (SSSR count). The van der Waals surface area contributed by atoms with Gasteiger partial charge in [-0.1, -0.05) is 24.6 Å². The second kappa shape index (κ2) is 7.50. The maximum absolute atomic E-state index is 9.85. The fraction of sp³-hybridized carbons (Fsp3) is 0.680. The summed E-state index contributed by atoms with van der Waals surface area (Å²) in [7, 11) is 0. The molecule has 1 aromatic carbocycles. The fourth-order valence-electron chi connectivity index (χ4n) is 6.62. The van der Waals surface area contributed by atoms with Gasteiger partial charge in [-0.3, -0.25) is 0 Å². The molecule has 0 heterocycles. The minimum Gasteiger partial charge on any atom is -0.508 e. The highest BCUT2D eigenvalue weighted by Gasteiger charge is 2.52. The summed E-state index contributed by atoms with van der Waals surface area (Å²) < 4.78 is 5.90. The van der Waals surface area contributed by atoms with Crippen molar-refractivity contribution in [2.24, 2.45) is 17.3 Å². The van der Waals surface area contributed by atoms with Gasteiger partial charge < -0.3 is 15.2 Å². The molecule has 0 radical (unpaired) electrons. The number of nitrogens with one attached hydrogen (secondary N) is 1. The summed E-state index contributed by atoms with van der Waals surface area (Å²) >= 11 is 0. The second-order valence-corrected chi connectivity index (χ2v) is 9.83. The van der Waals surface area contributed by atoms with Crippen molar-refractivity contribution in [1.82, 2.24) is 5.32 Å². The molecular formula is C25H35NO2. The first-order chi connectivity index (χ1) is 13.6. The smallest absolute Gasteiger partial charge is 0.115 e. The van der Waals surface area contributed by atoms with E-state index >= 15 is 0 Å². The molecule has 0 spiro atoms. The lowest BCUT2D eigenvalue weighted by molar-refractivity contribution is 0.0803. The van der Waals surface area contributed by atoms with Gasteiger partial charge in [-0.2, -0.15) is 0 Å². The van der Waals surface area contributed by atoms with Gasteiger partial charge in [0.15, 0.2) is 0 Å². The van der Waals surface area contributed by atoms with Crippen LogP contribution in [-0.2, 0) is 11.2 Å². The summed E-state index contributed by atoms with van der Waals surface area (Å²) in [6.45, 7) is 5.13. The molecule has 0 aliphatic heterocycles. The molecule has 28 heavy (non-hydrogen) atoms. The maximum Gasteiger partial charge on any atom is 0.115 e. The Morgan fingerprint density at radius 1 is 1.18 bits per heavy atom. The summed E-state index contributed by atoms with van der Waals surface area (Å²) in [5, 5.41) is 13.4. The number of allylic oxidation sites excluding steroid dienone is 1. The molecule has 0 saturated heterocycles. The number of fused-ring (bicyclic) bond motifs is 5. The monoisotopic (exact) mass is 381 g/mol. The highest BCUT2D eigenvalue weighted by molar-refractivity contribution is 5.40. The van der Waals surface area contributed by atoms with E-state index in [1.54, 1.807) is 5.57 Å². The van der Waals surface area contributed by atoms with Crippen LogP contribution in [-0.4, -0.2) is 30.9 Å². The largest absolute Gasteiger partial charge is 0.508 e. The quantitative estimate of drug-likeness (QED) is 0.541. The number of hydrogen-bond donors (Lipinski definition) is 2. The third kappa shape index (κ3) is 3.41. The van der Waals surface area contributed by atoms with Gasteiger partial charge in [0.1, 0.15) is 5.75 Å². The van der Waals surface area contributed by atoms with Crippen molar-refractivity contribution in [3.63, 3.8) is 0 Å². The number of aromatic hydroxyl groups is 1. The Balaban J connectivity index is 1.23. The summed E-state index contributed by atoms with van der Waals surface area (Å²) in [6.07, 6.45) is 12.7. The molecule has 0 aromatic heterocycles. The van der Waals surface area contributed by atoms with Gasteiger partial charge in [-0.05, 0) is 97.8 Å². The molecule has 2 N–H and O–H groups in total. The molecule has 3 nitrogen and oxygen atoms in total. The van der Waals surface area contributed by atoms with Crippen LogP contribution in [0.5, 0.6) is 5.75 Å². The van der Waals surface area contributed by atoms with E-state index in [1.807, 2.05) is 12.1 Å². The predicted molar refractivity (Wildman–Crippen MR) is 113 cm³/mol. The van der Waals surface area contributed by atoms with Crippen molar-refractivity contribution in [1.29, 1.82) is 0 Å². The highest BCUT2D eigenvalue weighted by atomic mass is 16.5. The van der Waals surface area contributed by atoms with Crippen LogP contribution >= 0.6 is 0 Å². The number of phenols is 1. The average molecular weight is 382 g/mol. The highest BCUT2D eigenvalue weighted by Crippen LogP contribution is 2.62. The minimum absolute atomic E-state index is 0.380. The van der Waals surface area contributed by atoms with Gasteiger partial charge in [0.25, 0.3) is 0 Å². The van der Waals surface area contributed by atoms with E-state index in [0.29, 0.717) is 17.1 Å². The zero-order valence-electron chi connectivity index (χ0n) is 17.3. The first kappa shape index (κ1) is 18.7. The van der Waals surface area contributed by atoms with Crippen LogP contribution in [0.3, 0.4) is 0 Å². The Kier molecular flexibility index (Phi) is 5.00. The number of benzene rings is 1. The van der Waals surface area contributed by atoms with E-state index in [9.17, 15) is 5.11 Å². The topological polar surface area (TPSA) is 41.5 Å². The number of phenolic OH excluding ortho intramolecular Hbond substituents is 1. The minimum atomic E-state index is 0.380. The normalized spacial score (nSPS) is 35.5. The standard InChI is InChI=1S/C25H35NO2/c1-25-12-10-22-21-8-6-20(27)16-17(21)2-7-23(22)24(25)9-3-18(25)11-14-28-15-13-26-19-4-5-19/h6,8,11,16,19,22-24,26-27H,2-5,7,9-10,12-15H2,1H3/b18-11+. The van der Waals surface area contributed by atoms with Gasteiger partial charge in [-0.15, -0.1) is 0 Å². The zero-order chi connectivity index (χ0) is 19.1. The SMILES string of the molecule is CC12CCC3c4ccc(O)cc4CCC3C1CC/C2=C\COCCNC1CC1. The van der Waals surface area contributed by atoms with Crippen molar-refractivity contribution in [2.45, 2.75) is 70.3 Å². The van der Waals surface area contributed by atoms with Crippen LogP contribution in [0, 0.1) is 17.3 Å². The Morgan fingerprint density at radius 2 is 2.07 bits per heavy atom. The molecule has 4 unspecified atom stereocenters. The van der Waals surface area contributed by atoms with E-state index in [4.69, 9.17) is 4.74 Å². The second-order valence-electron chi connectivity index (χ2n) is 9.83. The maximum atomic E-state index is 9.85. The first-order valence-corrected chi connectivity index (χ1v) is 11.5. The van der Waals surface area contributed by atoms with Crippen molar-refractivity contribution >= 4 is 0 Å². The lowest BCUT2D eigenvalue weighted by Gasteiger charge is -2.49. The van der Waals surface area contributed by atoms with E-state index < -0.39 is 0 Å². The van der Waals surface area contributed by atoms with Crippen molar-refractivity contribution in [3.05, 3.63) is 41.0 Å². The van der Waals surface area contributed by atoms with Crippen LogP contribution in [0.1, 0.15) is 68.9 Å². The predicted octanol–water partition coefficient (Wildman–Crippen LogP) is 4.94. The molecule has 4 atom stereocenters.